The average molecular weight is 262 g/mol. The van der Waals surface area contributed by atoms with Gasteiger partial charge in [-0.25, -0.2) is 9.78 Å². The van der Waals surface area contributed by atoms with Crippen LogP contribution in [0.4, 0.5) is 10.6 Å². The Kier molecular flexibility index (Phi) is 3.78. The molecular weight excluding hydrogens is 240 g/mol. The Morgan fingerprint density at radius 1 is 1.42 bits per heavy atom. The molecule has 0 N–H and O–H groups in total. The highest BCUT2D eigenvalue weighted by atomic mass is 16.6. The normalized spacial score (nSPS) is 19.7. The van der Waals surface area contributed by atoms with Crippen LogP contribution in [0.25, 0.3) is 0 Å². The Hall–Kier alpha value is -1.58. The van der Waals surface area contributed by atoms with Gasteiger partial charge in [0.15, 0.2) is 0 Å². The van der Waals surface area contributed by atoms with Crippen molar-refractivity contribution in [3.63, 3.8) is 0 Å². The second-order valence-electron chi connectivity index (χ2n) is 6.07. The molecule has 1 aromatic rings. The van der Waals surface area contributed by atoms with Gasteiger partial charge in [0.2, 0.25) is 0 Å². The molecule has 2 rings (SSSR count). The van der Waals surface area contributed by atoms with Crippen LogP contribution in [0.1, 0.15) is 39.8 Å². The first-order valence-corrected chi connectivity index (χ1v) is 6.85. The van der Waals surface area contributed by atoms with Crippen LogP contribution >= 0.6 is 0 Å². The summed E-state index contributed by atoms with van der Waals surface area (Å²) >= 11 is 0. The SMILES string of the molecule is CCCc1cccc(N2C(=O)OCC2C(C)(C)C)n1. The number of aromatic nitrogens is 1. The monoisotopic (exact) mass is 262 g/mol. The van der Waals surface area contributed by atoms with Crippen molar-refractivity contribution in [3.05, 3.63) is 23.9 Å². The zero-order valence-electron chi connectivity index (χ0n) is 12.1. The third-order valence-corrected chi connectivity index (χ3v) is 3.42. The molecule has 1 amide bonds. The lowest BCUT2D eigenvalue weighted by Crippen LogP contribution is -2.43. The molecule has 0 bridgehead atoms. The molecule has 1 saturated heterocycles. The molecule has 1 fully saturated rings. The number of aryl methyl sites for hydroxylation is 1. The summed E-state index contributed by atoms with van der Waals surface area (Å²) in [5, 5.41) is 0. The van der Waals surface area contributed by atoms with Crippen molar-refractivity contribution >= 4 is 11.9 Å². The van der Waals surface area contributed by atoms with Crippen molar-refractivity contribution in [2.75, 3.05) is 11.5 Å². The first-order valence-electron chi connectivity index (χ1n) is 6.85. The van der Waals surface area contributed by atoms with Gasteiger partial charge in [0, 0.05) is 5.69 Å². The highest BCUT2D eigenvalue weighted by Crippen LogP contribution is 2.32. The Balaban J connectivity index is 2.32. The third kappa shape index (κ3) is 2.88. The predicted octanol–water partition coefficient (Wildman–Crippen LogP) is 3.41. The molecule has 4 heteroatoms. The Morgan fingerprint density at radius 3 is 2.79 bits per heavy atom. The van der Waals surface area contributed by atoms with Crippen molar-refractivity contribution in [3.8, 4) is 0 Å². The van der Waals surface area contributed by atoms with Crippen LogP contribution in [0, 0.1) is 5.41 Å². The van der Waals surface area contributed by atoms with Crippen LogP contribution in [-0.2, 0) is 11.2 Å². The number of carbonyl (C=O) groups excluding carboxylic acids is 1. The van der Waals surface area contributed by atoms with E-state index in [2.05, 4.69) is 32.7 Å². The van der Waals surface area contributed by atoms with Crippen LogP contribution < -0.4 is 4.90 Å². The molecule has 0 aromatic carbocycles. The van der Waals surface area contributed by atoms with Gasteiger partial charge in [-0.05, 0) is 24.0 Å². The topological polar surface area (TPSA) is 42.4 Å². The second-order valence-corrected chi connectivity index (χ2v) is 6.07. The first-order chi connectivity index (χ1) is 8.93. The van der Waals surface area contributed by atoms with Crippen LogP contribution in [0.15, 0.2) is 18.2 Å². The summed E-state index contributed by atoms with van der Waals surface area (Å²) in [6.07, 6.45) is 1.68. The van der Waals surface area contributed by atoms with E-state index in [1.807, 2.05) is 18.2 Å². The molecule has 0 saturated carbocycles. The number of rotatable bonds is 3. The highest BCUT2D eigenvalue weighted by molar-refractivity contribution is 5.89. The van der Waals surface area contributed by atoms with Gasteiger partial charge in [0.05, 0.1) is 6.04 Å². The van der Waals surface area contributed by atoms with E-state index in [9.17, 15) is 4.79 Å². The minimum absolute atomic E-state index is 0.0318. The fourth-order valence-corrected chi connectivity index (χ4v) is 2.31. The number of carbonyl (C=O) groups is 1. The molecule has 0 spiro atoms. The van der Waals surface area contributed by atoms with E-state index in [0.717, 1.165) is 18.5 Å². The van der Waals surface area contributed by atoms with Crippen molar-refractivity contribution in [2.45, 2.75) is 46.6 Å². The fourth-order valence-electron chi connectivity index (χ4n) is 2.31. The lowest BCUT2D eigenvalue weighted by molar-refractivity contribution is 0.172. The van der Waals surface area contributed by atoms with Crippen molar-refractivity contribution in [1.29, 1.82) is 0 Å². The summed E-state index contributed by atoms with van der Waals surface area (Å²) in [4.78, 5) is 18.2. The number of hydrogen-bond acceptors (Lipinski definition) is 3. The number of nitrogens with zero attached hydrogens (tertiary/aromatic N) is 2. The van der Waals surface area contributed by atoms with E-state index in [4.69, 9.17) is 4.74 Å². The molecule has 4 nitrogen and oxygen atoms in total. The van der Waals surface area contributed by atoms with Gasteiger partial charge in [0.25, 0.3) is 0 Å². The van der Waals surface area contributed by atoms with Gasteiger partial charge in [-0.15, -0.1) is 0 Å². The minimum Gasteiger partial charge on any atom is -0.447 e. The van der Waals surface area contributed by atoms with Crippen LogP contribution in [0.3, 0.4) is 0 Å². The number of anilines is 1. The zero-order chi connectivity index (χ0) is 14.0. The summed E-state index contributed by atoms with van der Waals surface area (Å²) in [6, 6.07) is 5.87. The Labute approximate surface area is 114 Å². The van der Waals surface area contributed by atoms with Crippen molar-refractivity contribution in [1.82, 2.24) is 4.98 Å². The molecule has 2 heterocycles. The van der Waals surface area contributed by atoms with E-state index in [1.54, 1.807) is 4.90 Å². The number of pyridine rings is 1. The first kappa shape index (κ1) is 13.8. The van der Waals surface area contributed by atoms with Crippen LogP contribution in [-0.4, -0.2) is 23.7 Å². The zero-order valence-corrected chi connectivity index (χ0v) is 12.1. The number of ether oxygens (including phenoxy) is 1. The number of amides is 1. The molecule has 1 unspecified atom stereocenters. The highest BCUT2D eigenvalue weighted by Gasteiger charge is 2.42. The summed E-state index contributed by atoms with van der Waals surface area (Å²) in [5.41, 5.74) is 0.988. The van der Waals surface area contributed by atoms with E-state index in [-0.39, 0.29) is 17.6 Å². The lowest BCUT2D eigenvalue weighted by atomic mass is 9.86. The summed E-state index contributed by atoms with van der Waals surface area (Å²) in [5.74, 6) is 0.702. The van der Waals surface area contributed by atoms with E-state index < -0.39 is 0 Å². The van der Waals surface area contributed by atoms with Gasteiger partial charge < -0.3 is 4.74 Å². The maximum atomic E-state index is 12.0. The molecule has 19 heavy (non-hydrogen) atoms. The molecule has 1 atom stereocenters. The smallest absolute Gasteiger partial charge is 0.415 e. The molecule has 0 aliphatic carbocycles. The average Bonchev–Trinajstić information content (AvgIpc) is 2.72. The summed E-state index contributed by atoms with van der Waals surface area (Å²) in [7, 11) is 0. The van der Waals surface area contributed by atoms with Gasteiger partial charge in [-0.2, -0.15) is 0 Å². The second kappa shape index (κ2) is 5.19. The molecule has 0 radical (unpaired) electrons. The maximum absolute atomic E-state index is 12.0. The van der Waals surface area contributed by atoms with Crippen LogP contribution in [0.2, 0.25) is 0 Å². The molecule has 1 aliphatic rings. The summed E-state index contributed by atoms with van der Waals surface area (Å²) in [6.45, 7) is 8.89. The lowest BCUT2D eigenvalue weighted by Gasteiger charge is -2.31. The van der Waals surface area contributed by atoms with E-state index in [1.165, 1.54) is 0 Å². The predicted molar refractivity (Wildman–Crippen MR) is 75.3 cm³/mol. The van der Waals surface area contributed by atoms with Crippen molar-refractivity contribution in [2.24, 2.45) is 5.41 Å². The van der Waals surface area contributed by atoms with Crippen LogP contribution in [0.5, 0.6) is 0 Å². The van der Waals surface area contributed by atoms with E-state index in [0.29, 0.717) is 12.4 Å². The molecule has 1 aromatic heterocycles. The van der Waals surface area contributed by atoms with E-state index >= 15 is 0 Å². The minimum atomic E-state index is -0.291. The summed E-state index contributed by atoms with van der Waals surface area (Å²) < 4.78 is 5.21. The molecule has 1 aliphatic heterocycles. The van der Waals surface area contributed by atoms with Gasteiger partial charge in [-0.3, -0.25) is 4.90 Å². The third-order valence-electron chi connectivity index (χ3n) is 3.42. The number of cyclic esters (lactones) is 1. The molecule has 104 valence electrons. The maximum Gasteiger partial charge on any atom is 0.415 e. The number of hydrogen-bond donors (Lipinski definition) is 0. The molecular formula is C15H22N2O2. The quantitative estimate of drug-likeness (QED) is 0.838. The largest absolute Gasteiger partial charge is 0.447 e. The van der Waals surface area contributed by atoms with Gasteiger partial charge in [0.1, 0.15) is 12.4 Å². The Bertz CT molecular complexity index is 465. The standard InChI is InChI=1S/C15H22N2O2/c1-5-7-11-8-6-9-13(16-11)17-12(15(2,3)4)10-19-14(17)18/h6,8-9,12H,5,7,10H2,1-4H3. The van der Waals surface area contributed by atoms with Gasteiger partial charge in [-0.1, -0.05) is 40.2 Å². The fraction of sp³-hybridized carbons (Fsp3) is 0.600. The van der Waals surface area contributed by atoms with Crippen molar-refractivity contribution < 1.29 is 9.53 Å². The Morgan fingerprint density at radius 2 is 2.16 bits per heavy atom. The van der Waals surface area contributed by atoms with Gasteiger partial charge >= 0.3 is 6.09 Å².